The fourth-order valence-corrected chi connectivity index (χ4v) is 4.08. The van der Waals surface area contributed by atoms with E-state index in [-0.39, 0.29) is 24.2 Å². The highest BCUT2D eigenvalue weighted by Crippen LogP contribution is 2.34. The highest BCUT2D eigenvalue weighted by atomic mass is 19.4. The SMILES string of the molecule is Cc1nc2c(cnn2-c2ccc(F)cc2)c(=O)n1CCCN1CCC(C(F)(F)F)CC1. The van der Waals surface area contributed by atoms with Crippen molar-refractivity contribution in [3.63, 3.8) is 0 Å². The standard InChI is InChI=1S/C21H23F4N5O/c1-14-27-19-18(13-26-30(19)17-5-3-16(22)4-6-17)20(31)29(14)10-2-9-28-11-7-15(8-12-28)21(23,24)25/h3-6,13,15H,2,7-12H2,1H3. The van der Waals surface area contributed by atoms with Crippen molar-refractivity contribution < 1.29 is 17.6 Å². The van der Waals surface area contributed by atoms with Crippen molar-refractivity contribution in [2.75, 3.05) is 19.6 Å². The van der Waals surface area contributed by atoms with Crippen LogP contribution in [0.4, 0.5) is 17.6 Å². The molecule has 1 saturated heterocycles. The summed E-state index contributed by atoms with van der Waals surface area (Å²) in [6.45, 7) is 3.62. The lowest BCUT2D eigenvalue weighted by Gasteiger charge is -2.32. The maximum absolute atomic E-state index is 13.2. The molecule has 1 aromatic carbocycles. The quantitative estimate of drug-likeness (QED) is 0.572. The molecule has 31 heavy (non-hydrogen) atoms. The van der Waals surface area contributed by atoms with E-state index in [0.29, 0.717) is 55.1 Å². The first kappa shape index (κ1) is 21.5. The fraction of sp³-hybridized carbons (Fsp3) is 0.476. The summed E-state index contributed by atoms with van der Waals surface area (Å²) in [5.74, 6) is -1.05. The van der Waals surface area contributed by atoms with E-state index in [1.165, 1.54) is 23.0 Å². The molecular formula is C21H23F4N5O. The summed E-state index contributed by atoms with van der Waals surface area (Å²) in [6, 6.07) is 5.75. The molecule has 10 heteroatoms. The van der Waals surface area contributed by atoms with Crippen LogP contribution in [0.25, 0.3) is 16.7 Å². The molecule has 0 spiro atoms. The number of likely N-dealkylation sites (tertiary alicyclic amines) is 1. The van der Waals surface area contributed by atoms with Crippen LogP contribution in [-0.2, 0) is 6.54 Å². The van der Waals surface area contributed by atoms with Crippen molar-refractivity contribution in [2.45, 2.75) is 38.9 Å². The molecule has 166 valence electrons. The number of aromatic nitrogens is 4. The van der Waals surface area contributed by atoms with Crippen molar-refractivity contribution in [3.8, 4) is 5.69 Å². The van der Waals surface area contributed by atoms with Crippen LogP contribution in [0, 0.1) is 18.7 Å². The molecule has 6 nitrogen and oxygen atoms in total. The zero-order valence-corrected chi connectivity index (χ0v) is 17.1. The van der Waals surface area contributed by atoms with Crippen LogP contribution in [0.5, 0.6) is 0 Å². The smallest absolute Gasteiger partial charge is 0.303 e. The fourth-order valence-electron chi connectivity index (χ4n) is 4.08. The van der Waals surface area contributed by atoms with E-state index in [2.05, 4.69) is 10.1 Å². The molecule has 3 aromatic rings. The number of nitrogens with zero attached hydrogens (tertiary/aromatic N) is 5. The zero-order valence-electron chi connectivity index (χ0n) is 17.1. The topological polar surface area (TPSA) is 56.0 Å². The predicted molar refractivity (Wildman–Crippen MR) is 108 cm³/mol. The van der Waals surface area contributed by atoms with Crippen LogP contribution in [-0.4, -0.2) is 50.0 Å². The van der Waals surface area contributed by atoms with Crippen LogP contribution < -0.4 is 5.56 Å². The number of hydrogen-bond acceptors (Lipinski definition) is 4. The van der Waals surface area contributed by atoms with Crippen molar-refractivity contribution in [1.29, 1.82) is 0 Å². The summed E-state index contributed by atoms with van der Waals surface area (Å²) in [4.78, 5) is 19.5. The second kappa shape index (κ2) is 8.41. The minimum absolute atomic E-state index is 0.124. The van der Waals surface area contributed by atoms with E-state index in [4.69, 9.17) is 0 Å². The molecule has 3 heterocycles. The largest absolute Gasteiger partial charge is 0.391 e. The molecule has 0 amide bonds. The average Bonchev–Trinajstić information content (AvgIpc) is 3.14. The van der Waals surface area contributed by atoms with Gasteiger partial charge in [-0.15, -0.1) is 0 Å². The number of benzene rings is 1. The molecule has 1 aliphatic rings. The van der Waals surface area contributed by atoms with E-state index in [1.54, 1.807) is 23.6 Å². The van der Waals surface area contributed by atoms with Gasteiger partial charge in [-0.1, -0.05) is 0 Å². The second-order valence-corrected chi connectivity index (χ2v) is 7.90. The third-order valence-electron chi connectivity index (χ3n) is 5.86. The van der Waals surface area contributed by atoms with Gasteiger partial charge < -0.3 is 4.90 Å². The minimum atomic E-state index is -4.12. The number of hydrogen-bond donors (Lipinski definition) is 0. The van der Waals surface area contributed by atoms with Crippen molar-refractivity contribution in [2.24, 2.45) is 5.92 Å². The normalized spacial score (nSPS) is 16.3. The van der Waals surface area contributed by atoms with Gasteiger partial charge in [0.15, 0.2) is 5.65 Å². The lowest BCUT2D eigenvalue weighted by molar-refractivity contribution is -0.185. The molecule has 0 atom stereocenters. The van der Waals surface area contributed by atoms with Gasteiger partial charge in [-0.3, -0.25) is 9.36 Å². The molecule has 1 aliphatic heterocycles. The number of piperidine rings is 1. The lowest BCUT2D eigenvalue weighted by atomic mass is 9.96. The first-order chi connectivity index (χ1) is 14.7. The Labute approximate surface area is 176 Å². The van der Waals surface area contributed by atoms with Crippen molar-refractivity contribution >= 4 is 11.0 Å². The zero-order chi connectivity index (χ0) is 22.2. The Balaban J connectivity index is 1.44. The van der Waals surface area contributed by atoms with Gasteiger partial charge in [0.25, 0.3) is 5.56 Å². The summed E-state index contributed by atoms with van der Waals surface area (Å²) < 4.78 is 54.7. The highest BCUT2D eigenvalue weighted by Gasteiger charge is 2.40. The van der Waals surface area contributed by atoms with Gasteiger partial charge in [0.05, 0.1) is 17.8 Å². The molecule has 0 aliphatic carbocycles. The maximum atomic E-state index is 13.2. The van der Waals surface area contributed by atoms with E-state index in [9.17, 15) is 22.4 Å². The number of alkyl halides is 3. The molecule has 0 N–H and O–H groups in total. The number of rotatable bonds is 5. The second-order valence-electron chi connectivity index (χ2n) is 7.90. The number of halogens is 4. The molecule has 1 fully saturated rings. The van der Waals surface area contributed by atoms with Crippen LogP contribution >= 0.6 is 0 Å². The van der Waals surface area contributed by atoms with E-state index in [0.717, 1.165) is 0 Å². The van der Waals surface area contributed by atoms with Crippen LogP contribution in [0.2, 0.25) is 0 Å². The Bertz CT molecular complexity index is 1110. The predicted octanol–water partition coefficient (Wildman–Crippen LogP) is 3.69. The Morgan fingerprint density at radius 3 is 2.42 bits per heavy atom. The van der Waals surface area contributed by atoms with Gasteiger partial charge in [0, 0.05) is 6.54 Å². The molecular weight excluding hydrogens is 414 g/mol. The maximum Gasteiger partial charge on any atom is 0.391 e. The molecule has 4 rings (SSSR count). The van der Waals surface area contributed by atoms with E-state index >= 15 is 0 Å². The Hall–Kier alpha value is -2.75. The first-order valence-electron chi connectivity index (χ1n) is 10.2. The van der Waals surface area contributed by atoms with Gasteiger partial charge >= 0.3 is 6.18 Å². The Morgan fingerprint density at radius 1 is 1.10 bits per heavy atom. The summed E-state index contributed by atoms with van der Waals surface area (Å²) >= 11 is 0. The monoisotopic (exact) mass is 437 g/mol. The van der Waals surface area contributed by atoms with Gasteiger partial charge in [-0.2, -0.15) is 18.3 Å². The van der Waals surface area contributed by atoms with Crippen LogP contribution in [0.15, 0.2) is 35.3 Å². The summed E-state index contributed by atoms with van der Waals surface area (Å²) in [7, 11) is 0. The Kier molecular flexibility index (Phi) is 5.83. The number of aryl methyl sites for hydroxylation is 1. The molecule has 0 radical (unpaired) electrons. The molecule has 0 unspecified atom stereocenters. The minimum Gasteiger partial charge on any atom is -0.303 e. The third-order valence-corrected chi connectivity index (χ3v) is 5.86. The van der Waals surface area contributed by atoms with Gasteiger partial charge in [0.1, 0.15) is 17.0 Å². The summed E-state index contributed by atoms with van der Waals surface area (Å²) in [5, 5.41) is 4.60. The summed E-state index contributed by atoms with van der Waals surface area (Å²) in [6.07, 6.45) is -1.78. The first-order valence-corrected chi connectivity index (χ1v) is 10.2. The Morgan fingerprint density at radius 2 is 1.77 bits per heavy atom. The average molecular weight is 437 g/mol. The van der Waals surface area contributed by atoms with Crippen LogP contribution in [0.1, 0.15) is 25.1 Å². The lowest BCUT2D eigenvalue weighted by Crippen LogP contribution is -2.39. The van der Waals surface area contributed by atoms with E-state index in [1.807, 2.05) is 4.90 Å². The highest BCUT2D eigenvalue weighted by molar-refractivity contribution is 5.75. The van der Waals surface area contributed by atoms with Crippen molar-refractivity contribution in [3.05, 3.63) is 52.5 Å². The summed E-state index contributed by atoms with van der Waals surface area (Å²) in [5.41, 5.74) is 0.786. The molecule has 0 saturated carbocycles. The molecule has 2 aromatic heterocycles. The number of fused-ring (bicyclic) bond motifs is 1. The third kappa shape index (κ3) is 4.48. The van der Waals surface area contributed by atoms with Crippen LogP contribution in [0.3, 0.4) is 0 Å². The van der Waals surface area contributed by atoms with Crippen molar-refractivity contribution in [1.82, 2.24) is 24.2 Å². The van der Waals surface area contributed by atoms with Gasteiger partial charge in [-0.25, -0.2) is 14.1 Å². The van der Waals surface area contributed by atoms with Gasteiger partial charge in [0.2, 0.25) is 0 Å². The van der Waals surface area contributed by atoms with Gasteiger partial charge in [-0.05, 0) is 70.1 Å². The van der Waals surface area contributed by atoms with E-state index < -0.39 is 12.1 Å². The molecule has 0 bridgehead atoms.